The Morgan fingerprint density at radius 1 is 1.12 bits per heavy atom. The Labute approximate surface area is 101 Å². The summed E-state index contributed by atoms with van der Waals surface area (Å²) in [7, 11) is 0. The van der Waals surface area contributed by atoms with Crippen LogP contribution in [0.2, 0.25) is 0 Å². The topological polar surface area (TPSA) is 66.8 Å². The third kappa shape index (κ3) is 2.77. The molecule has 5 nitrogen and oxygen atoms in total. The van der Waals surface area contributed by atoms with Crippen LogP contribution in [0.5, 0.6) is 0 Å². The first-order valence-corrected chi connectivity index (χ1v) is 6.35. The quantitative estimate of drug-likeness (QED) is 0.784. The minimum absolute atomic E-state index is 0.128. The molecule has 1 N–H and O–H groups in total. The molecule has 2 rings (SSSR count). The van der Waals surface area contributed by atoms with Crippen molar-refractivity contribution in [2.24, 2.45) is 0 Å². The van der Waals surface area contributed by atoms with Crippen LogP contribution in [-0.2, 0) is 14.3 Å². The van der Waals surface area contributed by atoms with Crippen molar-refractivity contribution in [2.75, 3.05) is 13.2 Å². The van der Waals surface area contributed by atoms with E-state index < -0.39 is 18.1 Å². The number of likely N-dealkylation sites (tertiary alicyclic amines) is 1. The molecule has 0 spiro atoms. The Kier molecular flexibility index (Phi) is 3.99. The molecule has 5 heteroatoms. The molecule has 1 amide bonds. The number of aliphatic carboxylic acids is 1. The molecule has 0 bridgehead atoms. The van der Waals surface area contributed by atoms with Crippen LogP contribution in [0.3, 0.4) is 0 Å². The molecule has 0 aromatic heterocycles. The summed E-state index contributed by atoms with van der Waals surface area (Å²) in [5.74, 6) is -1.02. The number of carboxylic acid groups (broad SMARTS) is 1. The Bertz CT molecular complexity index is 299. The SMILES string of the molecule is O=C(O)[C@@H]1CCCCN1C(=O)C1CCCCO1. The molecule has 2 aliphatic heterocycles. The van der Waals surface area contributed by atoms with Crippen LogP contribution < -0.4 is 0 Å². The van der Waals surface area contributed by atoms with Crippen molar-refractivity contribution in [3.05, 3.63) is 0 Å². The van der Waals surface area contributed by atoms with Crippen LogP contribution in [-0.4, -0.2) is 47.2 Å². The maximum Gasteiger partial charge on any atom is 0.326 e. The number of amides is 1. The molecule has 0 aliphatic carbocycles. The number of rotatable bonds is 2. The van der Waals surface area contributed by atoms with E-state index in [0.717, 1.165) is 32.1 Å². The monoisotopic (exact) mass is 241 g/mol. The summed E-state index contributed by atoms with van der Waals surface area (Å²) in [6, 6.07) is -0.651. The fourth-order valence-corrected chi connectivity index (χ4v) is 2.57. The van der Waals surface area contributed by atoms with Crippen LogP contribution in [0.1, 0.15) is 38.5 Å². The van der Waals surface area contributed by atoms with Crippen LogP contribution in [0.15, 0.2) is 0 Å². The summed E-state index contributed by atoms with van der Waals surface area (Å²) in [6.07, 6.45) is 4.63. The summed E-state index contributed by atoms with van der Waals surface area (Å²) in [4.78, 5) is 24.8. The fourth-order valence-electron chi connectivity index (χ4n) is 2.57. The molecule has 1 unspecified atom stereocenters. The van der Waals surface area contributed by atoms with Gasteiger partial charge in [0.25, 0.3) is 5.91 Å². The number of nitrogens with zero attached hydrogens (tertiary/aromatic N) is 1. The van der Waals surface area contributed by atoms with Gasteiger partial charge in [0.2, 0.25) is 0 Å². The Morgan fingerprint density at radius 3 is 2.53 bits per heavy atom. The van der Waals surface area contributed by atoms with E-state index in [1.165, 1.54) is 4.90 Å². The summed E-state index contributed by atoms with van der Waals surface area (Å²) in [6.45, 7) is 1.16. The Balaban J connectivity index is 2.02. The van der Waals surface area contributed by atoms with E-state index in [2.05, 4.69) is 0 Å². The molecule has 0 radical (unpaired) electrons. The molecular weight excluding hydrogens is 222 g/mol. The van der Waals surface area contributed by atoms with Crippen molar-refractivity contribution >= 4 is 11.9 Å². The van der Waals surface area contributed by atoms with Crippen molar-refractivity contribution < 1.29 is 19.4 Å². The molecule has 17 heavy (non-hydrogen) atoms. The number of ether oxygens (including phenoxy) is 1. The van der Waals surface area contributed by atoms with Gasteiger partial charge in [0.1, 0.15) is 12.1 Å². The lowest BCUT2D eigenvalue weighted by atomic mass is 10.00. The first kappa shape index (κ1) is 12.4. The van der Waals surface area contributed by atoms with Gasteiger partial charge in [-0.25, -0.2) is 4.79 Å². The lowest BCUT2D eigenvalue weighted by Gasteiger charge is -2.36. The third-order valence-electron chi connectivity index (χ3n) is 3.53. The van der Waals surface area contributed by atoms with Gasteiger partial charge in [-0.1, -0.05) is 0 Å². The van der Waals surface area contributed by atoms with Crippen LogP contribution >= 0.6 is 0 Å². The lowest BCUT2D eigenvalue weighted by Crippen LogP contribution is -2.52. The second kappa shape index (κ2) is 5.49. The number of carbonyl (C=O) groups is 2. The van der Waals surface area contributed by atoms with E-state index in [1.807, 2.05) is 0 Å². The van der Waals surface area contributed by atoms with Crippen molar-refractivity contribution in [3.63, 3.8) is 0 Å². The minimum atomic E-state index is -0.895. The molecule has 96 valence electrons. The average molecular weight is 241 g/mol. The molecule has 2 aliphatic rings. The first-order valence-electron chi connectivity index (χ1n) is 6.35. The van der Waals surface area contributed by atoms with E-state index in [-0.39, 0.29) is 5.91 Å². The minimum Gasteiger partial charge on any atom is -0.480 e. The van der Waals surface area contributed by atoms with E-state index in [4.69, 9.17) is 9.84 Å². The van der Waals surface area contributed by atoms with Gasteiger partial charge in [-0.3, -0.25) is 4.79 Å². The second-order valence-electron chi connectivity index (χ2n) is 4.74. The number of hydrogen-bond donors (Lipinski definition) is 1. The molecule has 0 saturated carbocycles. The molecule has 2 heterocycles. The standard InChI is InChI=1S/C12H19NO4/c14-11(10-6-2-4-8-17-10)13-7-3-1-5-9(13)12(15)16/h9-10H,1-8H2,(H,15,16)/t9-,10?/m0/s1. The number of piperidine rings is 1. The predicted octanol–water partition coefficient (Wildman–Crippen LogP) is 1.02. The van der Waals surface area contributed by atoms with Crippen molar-refractivity contribution in [2.45, 2.75) is 50.7 Å². The van der Waals surface area contributed by atoms with Gasteiger partial charge in [0.15, 0.2) is 0 Å². The lowest BCUT2D eigenvalue weighted by molar-refractivity contribution is -0.159. The smallest absolute Gasteiger partial charge is 0.326 e. The van der Waals surface area contributed by atoms with Crippen LogP contribution in [0.25, 0.3) is 0 Å². The van der Waals surface area contributed by atoms with Gasteiger partial charge in [-0.2, -0.15) is 0 Å². The highest BCUT2D eigenvalue weighted by Gasteiger charge is 2.36. The molecule has 2 saturated heterocycles. The normalized spacial score (nSPS) is 30.0. The zero-order chi connectivity index (χ0) is 12.3. The summed E-state index contributed by atoms with van der Waals surface area (Å²) in [5, 5.41) is 9.12. The maximum atomic E-state index is 12.2. The number of carbonyl (C=O) groups excluding carboxylic acids is 1. The Hall–Kier alpha value is -1.10. The van der Waals surface area contributed by atoms with Gasteiger partial charge in [-0.05, 0) is 38.5 Å². The van der Waals surface area contributed by atoms with E-state index >= 15 is 0 Å². The van der Waals surface area contributed by atoms with Gasteiger partial charge < -0.3 is 14.7 Å². The van der Waals surface area contributed by atoms with E-state index in [9.17, 15) is 9.59 Å². The highest BCUT2D eigenvalue weighted by molar-refractivity contribution is 5.86. The molecule has 0 aromatic rings. The summed E-state index contributed by atoms with van der Waals surface area (Å²) < 4.78 is 5.44. The van der Waals surface area contributed by atoms with Crippen molar-refractivity contribution in [1.82, 2.24) is 4.90 Å². The highest BCUT2D eigenvalue weighted by atomic mass is 16.5. The third-order valence-corrected chi connectivity index (χ3v) is 3.53. The second-order valence-corrected chi connectivity index (χ2v) is 4.74. The highest BCUT2D eigenvalue weighted by Crippen LogP contribution is 2.22. The van der Waals surface area contributed by atoms with Gasteiger partial charge >= 0.3 is 5.97 Å². The average Bonchev–Trinajstić information content (AvgIpc) is 2.39. The van der Waals surface area contributed by atoms with Crippen molar-refractivity contribution in [3.8, 4) is 0 Å². The molecular formula is C12H19NO4. The zero-order valence-electron chi connectivity index (χ0n) is 9.93. The number of carboxylic acids is 1. The Morgan fingerprint density at radius 2 is 1.88 bits per heavy atom. The summed E-state index contributed by atoms with van der Waals surface area (Å²) >= 11 is 0. The predicted molar refractivity (Wildman–Crippen MR) is 60.6 cm³/mol. The van der Waals surface area contributed by atoms with Crippen LogP contribution in [0, 0.1) is 0 Å². The molecule has 2 fully saturated rings. The maximum absolute atomic E-state index is 12.2. The molecule has 2 atom stereocenters. The number of hydrogen-bond acceptors (Lipinski definition) is 3. The van der Waals surface area contributed by atoms with Crippen molar-refractivity contribution in [1.29, 1.82) is 0 Å². The largest absolute Gasteiger partial charge is 0.480 e. The fraction of sp³-hybridized carbons (Fsp3) is 0.833. The van der Waals surface area contributed by atoms with Gasteiger partial charge in [-0.15, -0.1) is 0 Å². The first-order chi connectivity index (χ1) is 8.20. The molecule has 0 aromatic carbocycles. The summed E-state index contributed by atoms with van der Waals surface area (Å²) in [5.41, 5.74) is 0. The van der Waals surface area contributed by atoms with E-state index in [0.29, 0.717) is 19.6 Å². The van der Waals surface area contributed by atoms with Gasteiger partial charge in [0.05, 0.1) is 0 Å². The van der Waals surface area contributed by atoms with Crippen LogP contribution in [0.4, 0.5) is 0 Å². The van der Waals surface area contributed by atoms with E-state index in [1.54, 1.807) is 0 Å². The zero-order valence-corrected chi connectivity index (χ0v) is 9.93. The van der Waals surface area contributed by atoms with Gasteiger partial charge in [0, 0.05) is 13.2 Å².